The van der Waals surface area contributed by atoms with Crippen LogP contribution in [0.4, 0.5) is 0 Å². The molecule has 0 spiro atoms. The van der Waals surface area contributed by atoms with E-state index >= 15 is 0 Å². The zero-order chi connectivity index (χ0) is 21.5. The zero-order valence-electron chi connectivity index (χ0n) is 17.6. The van der Waals surface area contributed by atoms with Crippen LogP contribution in [0.25, 0.3) is 6.08 Å². The second-order valence-electron chi connectivity index (χ2n) is 7.14. The van der Waals surface area contributed by atoms with E-state index in [-0.39, 0.29) is 17.6 Å². The third-order valence-corrected chi connectivity index (χ3v) is 5.38. The molecule has 0 radical (unpaired) electrons. The fourth-order valence-corrected chi connectivity index (χ4v) is 3.58. The zero-order valence-corrected chi connectivity index (χ0v) is 17.6. The number of ketones is 1. The molecule has 1 aliphatic heterocycles. The third kappa shape index (κ3) is 5.00. The lowest BCUT2D eigenvalue weighted by Crippen LogP contribution is -2.39. The number of rotatable bonds is 7. The Labute approximate surface area is 177 Å². The maximum absolute atomic E-state index is 12.7. The van der Waals surface area contributed by atoms with E-state index in [1.165, 1.54) is 0 Å². The number of carbonyl (C=O) groups is 2. The van der Waals surface area contributed by atoms with Crippen LogP contribution in [-0.4, -0.2) is 51.0 Å². The summed E-state index contributed by atoms with van der Waals surface area (Å²) < 4.78 is 15.7. The summed E-state index contributed by atoms with van der Waals surface area (Å²) in [6, 6.07) is 12.7. The number of likely N-dealkylation sites (tertiary alicyclic amines) is 1. The Hall–Kier alpha value is -3.28. The van der Waals surface area contributed by atoms with Gasteiger partial charge in [-0.2, -0.15) is 0 Å². The van der Waals surface area contributed by atoms with Crippen LogP contribution in [0.3, 0.4) is 0 Å². The van der Waals surface area contributed by atoms with Crippen LogP contribution in [-0.2, 0) is 4.79 Å². The number of benzene rings is 2. The van der Waals surface area contributed by atoms with Crippen molar-refractivity contribution >= 4 is 17.8 Å². The van der Waals surface area contributed by atoms with E-state index in [1.54, 1.807) is 68.7 Å². The Morgan fingerprint density at radius 2 is 1.57 bits per heavy atom. The van der Waals surface area contributed by atoms with Crippen LogP contribution in [0.5, 0.6) is 17.2 Å². The molecule has 1 fully saturated rings. The minimum atomic E-state index is -0.0581. The molecule has 1 aliphatic rings. The first kappa shape index (κ1) is 21.4. The Balaban J connectivity index is 1.56. The number of carbonyl (C=O) groups excluding carboxylic acids is 2. The monoisotopic (exact) mass is 409 g/mol. The van der Waals surface area contributed by atoms with Crippen LogP contribution >= 0.6 is 0 Å². The van der Waals surface area contributed by atoms with Crippen molar-refractivity contribution in [2.45, 2.75) is 12.8 Å². The number of methoxy groups -OCH3 is 3. The SMILES string of the molecule is COc1ccc(C(=O)C2CCN(C(=O)/C=C/c3ccc(OC)c(OC)c3)CC2)cc1. The van der Waals surface area contributed by atoms with E-state index in [0.29, 0.717) is 43.0 Å². The molecule has 6 nitrogen and oxygen atoms in total. The summed E-state index contributed by atoms with van der Waals surface area (Å²) in [6.07, 6.45) is 4.66. The first-order valence-electron chi connectivity index (χ1n) is 9.93. The number of Topliss-reactive ketones (excluding diaryl/α,β-unsaturated/α-hetero) is 1. The molecule has 158 valence electrons. The van der Waals surface area contributed by atoms with Gasteiger partial charge < -0.3 is 19.1 Å². The first-order chi connectivity index (χ1) is 14.5. The van der Waals surface area contributed by atoms with E-state index < -0.39 is 0 Å². The number of ether oxygens (including phenoxy) is 3. The molecule has 1 amide bonds. The first-order valence-corrected chi connectivity index (χ1v) is 9.93. The second-order valence-corrected chi connectivity index (χ2v) is 7.14. The Bertz CT molecular complexity index is 912. The van der Waals surface area contributed by atoms with Gasteiger partial charge in [0.2, 0.25) is 5.91 Å². The number of hydrogen-bond acceptors (Lipinski definition) is 5. The number of nitrogens with zero attached hydrogens (tertiary/aromatic N) is 1. The van der Waals surface area contributed by atoms with Gasteiger partial charge in [0.25, 0.3) is 0 Å². The molecule has 0 aliphatic carbocycles. The van der Waals surface area contributed by atoms with Gasteiger partial charge in [0.1, 0.15) is 5.75 Å². The average molecular weight is 409 g/mol. The third-order valence-electron chi connectivity index (χ3n) is 5.38. The van der Waals surface area contributed by atoms with Gasteiger partial charge in [0.05, 0.1) is 21.3 Å². The number of amides is 1. The molecule has 0 bridgehead atoms. The maximum Gasteiger partial charge on any atom is 0.246 e. The molecule has 0 aromatic heterocycles. The highest BCUT2D eigenvalue weighted by Crippen LogP contribution is 2.28. The van der Waals surface area contributed by atoms with Crippen molar-refractivity contribution in [2.75, 3.05) is 34.4 Å². The van der Waals surface area contributed by atoms with Crippen LogP contribution in [0.2, 0.25) is 0 Å². The highest BCUT2D eigenvalue weighted by Gasteiger charge is 2.27. The molecule has 6 heteroatoms. The lowest BCUT2D eigenvalue weighted by atomic mass is 9.89. The summed E-state index contributed by atoms with van der Waals surface area (Å²) in [5.74, 6) is 2.01. The van der Waals surface area contributed by atoms with Gasteiger partial charge in [0, 0.05) is 30.6 Å². The van der Waals surface area contributed by atoms with E-state index in [9.17, 15) is 9.59 Å². The van der Waals surface area contributed by atoms with Gasteiger partial charge in [-0.15, -0.1) is 0 Å². The molecule has 0 unspecified atom stereocenters. The quantitative estimate of drug-likeness (QED) is 0.513. The van der Waals surface area contributed by atoms with Gasteiger partial charge in [-0.25, -0.2) is 0 Å². The van der Waals surface area contributed by atoms with Gasteiger partial charge in [-0.05, 0) is 60.9 Å². The van der Waals surface area contributed by atoms with Crippen molar-refractivity contribution < 1.29 is 23.8 Å². The molecule has 2 aromatic rings. The number of piperidine rings is 1. The second kappa shape index (κ2) is 9.96. The molecule has 0 N–H and O–H groups in total. The molecule has 30 heavy (non-hydrogen) atoms. The van der Waals surface area contributed by atoms with Crippen LogP contribution in [0, 0.1) is 5.92 Å². The minimum absolute atomic E-state index is 0.0554. The number of hydrogen-bond donors (Lipinski definition) is 0. The minimum Gasteiger partial charge on any atom is -0.497 e. The Morgan fingerprint density at radius 1 is 0.900 bits per heavy atom. The molecular formula is C24H27NO5. The molecule has 3 rings (SSSR count). The van der Waals surface area contributed by atoms with E-state index in [1.807, 2.05) is 12.1 Å². The highest BCUT2D eigenvalue weighted by atomic mass is 16.5. The summed E-state index contributed by atoms with van der Waals surface area (Å²) in [7, 11) is 4.76. The van der Waals surface area contributed by atoms with Crippen LogP contribution in [0.15, 0.2) is 48.5 Å². The normalized spacial score (nSPS) is 14.6. The topological polar surface area (TPSA) is 65.1 Å². The van der Waals surface area contributed by atoms with Crippen molar-refractivity contribution in [2.24, 2.45) is 5.92 Å². The molecule has 2 aromatic carbocycles. The van der Waals surface area contributed by atoms with Crippen molar-refractivity contribution in [1.29, 1.82) is 0 Å². The lowest BCUT2D eigenvalue weighted by Gasteiger charge is -2.30. The molecule has 0 atom stereocenters. The van der Waals surface area contributed by atoms with Gasteiger partial charge in [-0.3, -0.25) is 9.59 Å². The van der Waals surface area contributed by atoms with Gasteiger partial charge in [0.15, 0.2) is 17.3 Å². The Kier molecular flexibility index (Phi) is 7.12. The smallest absolute Gasteiger partial charge is 0.246 e. The Morgan fingerprint density at radius 3 is 2.17 bits per heavy atom. The summed E-state index contributed by atoms with van der Waals surface area (Å²) in [5, 5.41) is 0. The van der Waals surface area contributed by atoms with Gasteiger partial charge >= 0.3 is 0 Å². The van der Waals surface area contributed by atoms with Crippen LogP contribution < -0.4 is 14.2 Å². The fourth-order valence-electron chi connectivity index (χ4n) is 3.58. The molecule has 0 saturated carbocycles. The molecular weight excluding hydrogens is 382 g/mol. The fraction of sp³-hybridized carbons (Fsp3) is 0.333. The summed E-state index contributed by atoms with van der Waals surface area (Å²) in [6.45, 7) is 1.14. The van der Waals surface area contributed by atoms with E-state index in [2.05, 4.69) is 0 Å². The standard InChI is InChI=1S/C24H27NO5/c1-28-20-8-6-18(7-9-20)24(27)19-12-14-25(15-13-19)23(26)11-5-17-4-10-21(29-2)22(16-17)30-3/h4-11,16,19H,12-15H2,1-3H3/b11-5+. The average Bonchev–Trinajstić information content (AvgIpc) is 2.82. The lowest BCUT2D eigenvalue weighted by molar-refractivity contribution is -0.127. The van der Waals surface area contributed by atoms with Crippen molar-refractivity contribution in [3.8, 4) is 17.2 Å². The van der Waals surface area contributed by atoms with Crippen LogP contribution in [0.1, 0.15) is 28.8 Å². The predicted molar refractivity (Wildman–Crippen MR) is 115 cm³/mol. The van der Waals surface area contributed by atoms with E-state index in [0.717, 1.165) is 11.3 Å². The molecule has 1 heterocycles. The molecule has 1 saturated heterocycles. The van der Waals surface area contributed by atoms with Crippen molar-refractivity contribution in [3.05, 3.63) is 59.7 Å². The summed E-state index contributed by atoms with van der Waals surface area (Å²) >= 11 is 0. The van der Waals surface area contributed by atoms with Crippen molar-refractivity contribution in [1.82, 2.24) is 4.90 Å². The predicted octanol–water partition coefficient (Wildman–Crippen LogP) is 3.85. The summed E-state index contributed by atoms with van der Waals surface area (Å²) in [5.41, 5.74) is 1.54. The maximum atomic E-state index is 12.7. The summed E-state index contributed by atoms with van der Waals surface area (Å²) in [4.78, 5) is 27.1. The van der Waals surface area contributed by atoms with E-state index in [4.69, 9.17) is 14.2 Å². The van der Waals surface area contributed by atoms with Gasteiger partial charge in [-0.1, -0.05) is 6.07 Å². The largest absolute Gasteiger partial charge is 0.497 e. The van der Waals surface area contributed by atoms with Crippen molar-refractivity contribution in [3.63, 3.8) is 0 Å². The highest BCUT2D eigenvalue weighted by molar-refractivity contribution is 5.98.